The number of fused-ring (bicyclic) bond motifs is 1. The highest BCUT2D eigenvalue weighted by Gasteiger charge is 2.07. The second kappa shape index (κ2) is 11.2. The summed E-state index contributed by atoms with van der Waals surface area (Å²) in [4.78, 5) is 4.65. The lowest BCUT2D eigenvalue weighted by Crippen LogP contribution is -2.42. The van der Waals surface area contributed by atoms with Gasteiger partial charge < -0.3 is 10.6 Å². The Bertz CT molecular complexity index is 624. The first-order valence-corrected chi connectivity index (χ1v) is 8.58. The van der Waals surface area contributed by atoms with E-state index in [1.165, 1.54) is 19.3 Å². The van der Waals surface area contributed by atoms with Crippen LogP contribution in [0.5, 0.6) is 0 Å². The highest BCUT2D eigenvalue weighted by atomic mass is 127. The monoisotopic (exact) mass is 444 g/mol. The van der Waals surface area contributed by atoms with Crippen molar-refractivity contribution >= 4 is 35.6 Å². The summed E-state index contributed by atoms with van der Waals surface area (Å²) in [6, 6.07) is 6.29. The quantitative estimate of drug-likeness (QED) is 0.284. The van der Waals surface area contributed by atoms with Gasteiger partial charge in [-0.25, -0.2) is 4.99 Å². The van der Waals surface area contributed by atoms with E-state index >= 15 is 0 Å². The van der Waals surface area contributed by atoms with Crippen LogP contribution in [0.3, 0.4) is 0 Å². The third kappa shape index (κ3) is 6.26. The Morgan fingerprint density at radius 2 is 2.08 bits per heavy atom. The lowest BCUT2D eigenvalue weighted by molar-refractivity contribution is 0.546. The number of halogens is 1. The van der Waals surface area contributed by atoms with Gasteiger partial charge in [0.1, 0.15) is 6.54 Å². The van der Waals surface area contributed by atoms with E-state index in [1.54, 1.807) is 0 Å². The lowest BCUT2D eigenvalue weighted by atomic mass is 10.1. The van der Waals surface area contributed by atoms with Gasteiger partial charge in [-0.3, -0.25) is 4.40 Å². The molecule has 2 rings (SSSR count). The van der Waals surface area contributed by atoms with Crippen molar-refractivity contribution in [1.82, 2.24) is 25.2 Å². The summed E-state index contributed by atoms with van der Waals surface area (Å²) in [5, 5.41) is 15.1. The molecule has 1 unspecified atom stereocenters. The molecule has 0 bridgehead atoms. The molecule has 0 amide bonds. The van der Waals surface area contributed by atoms with E-state index in [4.69, 9.17) is 0 Å². The summed E-state index contributed by atoms with van der Waals surface area (Å²) in [6.07, 6.45) is 6.91. The van der Waals surface area contributed by atoms with Gasteiger partial charge in [0.2, 0.25) is 0 Å². The van der Waals surface area contributed by atoms with Gasteiger partial charge in [0.05, 0.1) is 0 Å². The first-order valence-electron chi connectivity index (χ1n) is 8.58. The van der Waals surface area contributed by atoms with E-state index in [-0.39, 0.29) is 24.0 Å². The van der Waals surface area contributed by atoms with Crippen molar-refractivity contribution in [2.75, 3.05) is 6.54 Å². The molecule has 0 fully saturated rings. The number of unbranched alkanes of at least 4 members (excludes halogenated alkanes) is 2. The van der Waals surface area contributed by atoms with Gasteiger partial charge in [-0.05, 0) is 32.4 Å². The first-order chi connectivity index (χ1) is 11.2. The van der Waals surface area contributed by atoms with Crippen molar-refractivity contribution < 1.29 is 0 Å². The molecule has 0 aliphatic rings. The Hall–Kier alpha value is -1.38. The smallest absolute Gasteiger partial charge is 0.191 e. The van der Waals surface area contributed by atoms with Gasteiger partial charge in [-0.2, -0.15) is 0 Å². The molecule has 0 aliphatic carbocycles. The second-order valence-corrected chi connectivity index (χ2v) is 5.78. The summed E-state index contributed by atoms with van der Waals surface area (Å²) in [6.45, 7) is 7.85. The summed E-state index contributed by atoms with van der Waals surface area (Å²) >= 11 is 0. The van der Waals surface area contributed by atoms with Crippen LogP contribution in [0.2, 0.25) is 0 Å². The molecule has 0 aliphatic heterocycles. The van der Waals surface area contributed by atoms with Crippen LogP contribution in [0.25, 0.3) is 5.65 Å². The van der Waals surface area contributed by atoms with Crippen LogP contribution in [0.15, 0.2) is 29.4 Å². The Morgan fingerprint density at radius 3 is 2.83 bits per heavy atom. The van der Waals surface area contributed by atoms with Crippen LogP contribution < -0.4 is 10.6 Å². The number of hydrogen-bond donors (Lipinski definition) is 2. The molecule has 6 nitrogen and oxygen atoms in total. The largest absolute Gasteiger partial charge is 0.357 e. The topological polar surface area (TPSA) is 66.6 Å². The molecule has 2 N–H and O–H groups in total. The van der Waals surface area contributed by atoms with Crippen molar-refractivity contribution in [3.05, 3.63) is 30.2 Å². The Labute approximate surface area is 161 Å². The zero-order chi connectivity index (χ0) is 16.5. The highest BCUT2D eigenvalue weighted by Crippen LogP contribution is 2.05. The number of hydrogen-bond acceptors (Lipinski definition) is 3. The molecule has 1 atom stereocenters. The molecule has 7 heteroatoms. The molecule has 2 heterocycles. The first kappa shape index (κ1) is 20.7. The van der Waals surface area contributed by atoms with Gasteiger partial charge in [0, 0.05) is 18.8 Å². The number of nitrogens with zero attached hydrogens (tertiary/aromatic N) is 4. The molecule has 0 aromatic carbocycles. The minimum Gasteiger partial charge on any atom is -0.357 e. The van der Waals surface area contributed by atoms with Crippen molar-refractivity contribution in [3.8, 4) is 0 Å². The molecule has 24 heavy (non-hydrogen) atoms. The molecule has 0 radical (unpaired) electrons. The van der Waals surface area contributed by atoms with E-state index in [1.807, 2.05) is 28.8 Å². The molecule has 0 saturated heterocycles. The van der Waals surface area contributed by atoms with Crippen LogP contribution in [-0.4, -0.2) is 33.1 Å². The van der Waals surface area contributed by atoms with Crippen molar-refractivity contribution in [2.45, 2.75) is 59.0 Å². The fourth-order valence-corrected chi connectivity index (χ4v) is 2.47. The third-order valence-corrected chi connectivity index (χ3v) is 3.73. The van der Waals surface area contributed by atoms with Crippen LogP contribution in [0.4, 0.5) is 0 Å². The lowest BCUT2D eigenvalue weighted by Gasteiger charge is -2.17. The summed E-state index contributed by atoms with van der Waals surface area (Å²) in [5.41, 5.74) is 0.851. The van der Waals surface area contributed by atoms with Crippen molar-refractivity contribution in [1.29, 1.82) is 0 Å². The molecule has 0 spiro atoms. The second-order valence-electron chi connectivity index (χ2n) is 5.78. The van der Waals surface area contributed by atoms with Gasteiger partial charge in [-0.15, -0.1) is 34.2 Å². The number of aliphatic imine (C=N–C) groups is 1. The maximum Gasteiger partial charge on any atom is 0.191 e. The predicted octanol–water partition coefficient (Wildman–Crippen LogP) is 3.37. The number of rotatable bonds is 8. The van der Waals surface area contributed by atoms with Crippen molar-refractivity contribution in [3.63, 3.8) is 0 Å². The fourth-order valence-electron chi connectivity index (χ4n) is 2.47. The van der Waals surface area contributed by atoms with Crippen LogP contribution in [-0.2, 0) is 6.54 Å². The molecular formula is C17H29IN6. The van der Waals surface area contributed by atoms with E-state index in [0.717, 1.165) is 30.4 Å². The normalized spacial score (nSPS) is 12.7. The maximum absolute atomic E-state index is 4.65. The van der Waals surface area contributed by atoms with Gasteiger partial charge in [0.15, 0.2) is 17.4 Å². The van der Waals surface area contributed by atoms with E-state index in [9.17, 15) is 0 Å². The average molecular weight is 444 g/mol. The van der Waals surface area contributed by atoms with Crippen LogP contribution in [0, 0.1) is 0 Å². The highest BCUT2D eigenvalue weighted by molar-refractivity contribution is 14.0. The number of nitrogens with one attached hydrogen (secondary N) is 2. The zero-order valence-corrected chi connectivity index (χ0v) is 17.2. The van der Waals surface area contributed by atoms with Gasteiger partial charge in [0.25, 0.3) is 0 Å². The van der Waals surface area contributed by atoms with E-state index < -0.39 is 0 Å². The standard InChI is InChI=1S/C17H28N6.HI/c1-4-6-7-10-14(3)20-17(18-5-2)19-13-16-22-21-15-11-8-9-12-23(15)16;/h8-9,11-12,14H,4-7,10,13H2,1-3H3,(H2,18,19,20);1H. The SMILES string of the molecule is CCCCCC(C)NC(=NCc1nnc2ccccn12)NCC.I. The van der Waals surface area contributed by atoms with E-state index in [2.05, 4.69) is 46.6 Å². The third-order valence-electron chi connectivity index (χ3n) is 3.73. The molecule has 2 aromatic heterocycles. The molecule has 0 saturated carbocycles. The summed E-state index contributed by atoms with van der Waals surface area (Å²) in [7, 11) is 0. The Kier molecular flexibility index (Phi) is 9.66. The Morgan fingerprint density at radius 1 is 1.25 bits per heavy atom. The van der Waals surface area contributed by atoms with Crippen molar-refractivity contribution in [2.24, 2.45) is 4.99 Å². The van der Waals surface area contributed by atoms with E-state index in [0.29, 0.717) is 12.6 Å². The Balaban J connectivity index is 0.00000288. The predicted molar refractivity (Wildman–Crippen MR) is 110 cm³/mol. The summed E-state index contributed by atoms with van der Waals surface area (Å²) in [5.74, 6) is 1.68. The fraction of sp³-hybridized carbons (Fsp3) is 0.588. The number of aromatic nitrogens is 3. The average Bonchev–Trinajstić information content (AvgIpc) is 2.96. The molecule has 134 valence electrons. The summed E-state index contributed by atoms with van der Waals surface area (Å²) < 4.78 is 1.97. The van der Waals surface area contributed by atoms with Gasteiger partial charge >= 0.3 is 0 Å². The zero-order valence-electron chi connectivity index (χ0n) is 14.8. The number of pyridine rings is 1. The van der Waals surface area contributed by atoms with Gasteiger partial charge in [-0.1, -0.05) is 32.3 Å². The maximum atomic E-state index is 4.65. The van der Waals surface area contributed by atoms with Crippen LogP contribution in [0.1, 0.15) is 52.3 Å². The molecular weight excluding hydrogens is 415 g/mol. The van der Waals surface area contributed by atoms with Crippen LogP contribution >= 0.6 is 24.0 Å². The minimum atomic E-state index is 0. The number of guanidine groups is 1. The minimum absolute atomic E-state index is 0. The molecule has 2 aromatic rings.